The number of rotatable bonds is 4. The van der Waals surface area contributed by atoms with Crippen LogP contribution in [0.3, 0.4) is 0 Å². The number of ether oxygens (including phenoxy) is 1. The minimum atomic E-state index is -0.399. The Hall–Kier alpha value is -1.95. The lowest BCUT2D eigenvalue weighted by Gasteiger charge is -2.03. The van der Waals surface area contributed by atoms with Crippen LogP contribution in [0.2, 0.25) is 0 Å². The van der Waals surface area contributed by atoms with E-state index in [9.17, 15) is 4.39 Å². The molecular formula is C13H14FN3O2. The fourth-order valence-corrected chi connectivity index (χ4v) is 2.07. The number of hydrogen-bond donors (Lipinski definition) is 1. The summed E-state index contributed by atoms with van der Waals surface area (Å²) in [6, 6.07) is 6.37. The van der Waals surface area contributed by atoms with E-state index in [1.807, 2.05) is 0 Å². The summed E-state index contributed by atoms with van der Waals surface area (Å²) in [4.78, 5) is 4.25. The zero-order valence-electron chi connectivity index (χ0n) is 10.3. The second-order valence-corrected chi connectivity index (χ2v) is 4.42. The molecule has 0 spiro atoms. The average Bonchev–Trinajstić information content (AvgIpc) is 3.09. The van der Waals surface area contributed by atoms with Gasteiger partial charge in [0.05, 0.1) is 6.04 Å². The van der Waals surface area contributed by atoms with Crippen molar-refractivity contribution in [2.24, 2.45) is 0 Å². The molecule has 5 nitrogen and oxygen atoms in total. The molecule has 1 fully saturated rings. The maximum Gasteiger partial charge on any atom is 0.243 e. The summed E-state index contributed by atoms with van der Waals surface area (Å²) in [5, 5.41) is 7.10. The van der Waals surface area contributed by atoms with Crippen LogP contribution < -0.4 is 10.1 Å². The predicted octanol–water partition coefficient (Wildman–Crippen LogP) is 2.21. The third-order valence-corrected chi connectivity index (χ3v) is 3.04. The zero-order valence-corrected chi connectivity index (χ0v) is 10.3. The van der Waals surface area contributed by atoms with Crippen molar-refractivity contribution in [2.75, 3.05) is 6.54 Å². The van der Waals surface area contributed by atoms with E-state index in [-0.39, 0.29) is 18.4 Å². The number of para-hydroxylation sites is 1. The van der Waals surface area contributed by atoms with E-state index in [1.54, 1.807) is 18.2 Å². The molecule has 3 rings (SSSR count). The van der Waals surface area contributed by atoms with Gasteiger partial charge in [0.1, 0.15) is 0 Å². The van der Waals surface area contributed by atoms with Gasteiger partial charge in [-0.3, -0.25) is 0 Å². The first kappa shape index (κ1) is 12.1. The summed E-state index contributed by atoms with van der Waals surface area (Å²) in [7, 11) is 0. The minimum Gasteiger partial charge on any atom is -0.482 e. The van der Waals surface area contributed by atoms with E-state index in [0.29, 0.717) is 11.7 Å². The van der Waals surface area contributed by atoms with Gasteiger partial charge < -0.3 is 14.6 Å². The Bertz CT molecular complexity index is 552. The van der Waals surface area contributed by atoms with Crippen LogP contribution in [0.5, 0.6) is 5.75 Å². The second kappa shape index (κ2) is 5.36. The molecular weight excluding hydrogens is 249 g/mol. The van der Waals surface area contributed by atoms with E-state index in [1.165, 1.54) is 6.07 Å². The highest BCUT2D eigenvalue weighted by Crippen LogP contribution is 2.21. The monoisotopic (exact) mass is 263 g/mol. The standard InChI is InChI=1S/C13H14FN3O2/c14-9-4-1-2-6-11(9)18-8-12-16-13(19-17-12)10-5-3-7-15-10/h1-2,4,6,10,15H,3,5,7-8H2/t10-/m0/s1. The van der Waals surface area contributed by atoms with Gasteiger partial charge in [-0.15, -0.1) is 0 Å². The molecule has 1 saturated heterocycles. The highest BCUT2D eigenvalue weighted by molar-refractivity contribution is 5.23. The molecule has 0 saturated carbocycles. The molecule has 1 aliphatic rings. The van der Waals surface area contributed by atoms with E-state index >= 15 is 0 Å². The number of nitrogens with one attached hydrogen (secondary N) is 1. The summed E-state index contributed by atoms with van der Waals surface area (Å²) in [6.45, 7) is 1.06. The molecule has 1 aliphatic heterocycles. The Kier molecular flexibility index (Phi) is 3.41. The van der Waals surface area contributed by atoms with E-state index < -0.39 is 5.82 Å². The Morgan fingerprint density at radius 1 is 1.42 bits per heavy atom. The van der Waals surface area contributed by atoms with Crippen molar-refractivity contribution in [1.82, 2.24) is 15.5 Å². The van der Waals surface area contributed by atoms with Crippen LogP contribution >= 0.6 is 0 Å². The SMILES string of the molecule is Fc1ccccc1OCc1noc([C@@H]2CCCN2)n1. The van der Waals surface area contributed by atoms with Gasteiger partial charge in [0.25, 0.3) is 0 Å². The molecule has 100 valence electrons. The molecule has 1 aromatic carbocycles. The Morgan fingerprint density at radius 2 is 2.32 bits per heavy atom. The molecule has 1 aromatic heterocycles. The number of nitrogens with zero attached hydrogens (tertiary/aromatic N) is 2. The molecule has 0 aliphatic carbocycles. The number of benzene rings is 1. The third-order valence-electron chi connectivity index (χ3n) is 3.04. The van der Waals surface area contributed by atoms with Gasteiger partial charge in [-0.25, -0.2) is 4.39 Å². The highest BCUT2D eigenvalue weighted by atomic mass is 19.1. The Labute approximate surface area is 109 Å². The van der Waals surface area contributed by atoms with Crippen LogP contribution in [-0.4, -0.2) is 16.7 Å². The number of halogens is 1. The van der Waals surface area contributed by atoms with Crippen LogP contribution in [0.4, 0.5) is 4.39 Å². The summed E-state index contributed by atoms with van der Waals surface area (Å²) >= 11 is 0. The zero-order chi connectivity index (χ0) is 13.1. The summed E-state index contributed by atoms with van der Waals surface area (Å²) in [5.74, 6) is 0.785. The molecule has 1 N–H and O–H groups in total. The fraction of sp³-hybridized carbons (Fsp3) is 0.385. The molecule has 2 heterocycles. The lowest BCUT2D eigenvalue weighted by atomic mass is 10.2. The fourth-order valence-electron chi connectivity index (χ4n) is 2.07. The molecule has 2 aromatic rings. The van der Waals surface area contributed by atoms with Crippen molar-refractivity contribution in [1.29, 1.82) is 0 Å². The Balaban J connectivity index is 1.63. The molecule has 6 heteroatoms. The van der Waals surface area contributed by atoms with Gasteiger partial charge in [0.2, 0.25) is 11.7 Å². The van der Waals surface area contributed by atoms with Gasteiger partial charge in [0.15, 0.2) is 18.2 Å². The third kappa shape index (κ3) is 2.73. The Morgan fingerprint density at radius 3 is 3.11 bits per heavy atom. The van der Waals surface area contributed by atoms with E-state index in [0.717, 1.165) is 19.4 Å². The van der Waals surface area contributed by atoms with E-state index in [2.05, 4.69) is 15.5 Å². The van der Waals surface area contributed by atoms with Gasteiger partial charge in [0, 0.05) is 0 Å². The molecule has 19 heavy (non-hydrogen) atoms. The van der Waals surface area contributed by atoms with Gasteiger partial charge in [-0.2, -0.15) is 4.98 Å². The van der Waals surface area contributed by atoms with E-state index in [4.69, 9.17) is 9.26 Å². The van der Waals surface area contributed by atoms with Crippen LogP contribution in [0.1, 0.15) is 30.6 Å². The van der Waals surface area contributed by atoms with Crippen LogP contribution in [0, 0.1) is 5.82 Å². The molecule has 0 radical (unpaired) electrons. The van der Waals surface area contributed by atoms with Crippen molar-refractivity contribution in [3.8, 4) is 5.75 Å². The average molecular weight is 263 g/mol. The summed E-state index contributed by atoms with van der Waals surface area (Å²) < 4.78 is 23.8. The van der Waals surface area contributed by atoms with Crippen LogP contribution in [0.15, 0.2) is 28.8 Å². The maximum atomic E-state index is 13.3. The van der Waals surface area contributed by atoms with Gasteiger partial charge in [-0.1, -0.05) is 17.3 Å². The van der Waals surface area contributed by atoms with Gasteiger partial charge in [-0.05, 0) is 31.5 Å². The summed E-state index contributed by atoms with van der Waals surface area (Å²) in [5.41, 5.74) is 0. The first-order chi connectivity index (χ1) is 9.33. The molecule has 0 unspecified atom stereocenters. The lowest BCUT2D eigenvalue weighted by molar-refractivity contribution is 0.271. The second-order valence-electron chi connectivity index (χ2n) is 4.42. The topological polar surface area (TPSA) is 60.2 Å². The first-order valence-electron chi connectivity index (χ1n) is 6.26. The molecule has 1 atom stereocenters. The first-order valence-corrected chi connectivity index (χ1v) is 6.26. The van der Waals surface area contributed by atoms with Crippen molar-refractivity contribution >= 4 is 0 Å². The van der Waals surface area contributed by atoms with Crippen molar-refractivity contribution in [3.63, 3.8) is 0 Å². The van der Waals surface area contributed by atoms with Crippen LogP contribution in [-0.2, 0) is 6.61 Å². The summed E-state index contributed by atoms with van der Waals surface area (Å²) in [6.07, 6.45) is 2.10. The largest absolute Gasteiger partial charge is 0.482 e. The number of hydrogen-bond acceptors (Lipinski definition) is 5. The number of aromatic nitrogens is 2. The maximum absolute atomic E-state index is 13.3. The smallest absolute Gasteiger partial charge is 0.243 e. The van der Waals surface area contributed by atoms with Crippen molar-refractivity contribution in [3.05, 3.63) is 41.8 Å². The lowest BCUT2D eigenvalue weighted by Crippen LogP contribution is -2.13. The van der Waals surface area contributed by atoms with Gasteiger partial charge >= 0.3 is 0 Å². The van der Waals surface area contributed by atoms with Crippen molar-refractivity contribution in [2.45, 2.75) is 25.5 Å². The quantitative estimate of drug-likeness (QED) is 0.916. The predicted molar refractivity (Wildman–Crippen MR) is 65.0 cm³/mol. The minimum absolute atomic E-state index is 0.0944. The molecule has 0 amide bonds. The van der Waals surface area contributed by atoms with Crippen molar-refractivity contribution < 1.29 is 13.7 Å². The molecule has 0 bridgehead atoms. The highest BCUT2D eigenvalue weighted by Gasteiger charge is 2.22. The van der Waals surface area contributed by atoms with Crippen LogP contribution in [0.25, 0.3) is 0 Å². The normalized spacial score (nSPS) is 18.7.